The first-order valence-corrected chi connectivity index (χ1v) is 9.19. The van der Waals surface area contributed by atoms with Crippen LogP contribution in [0.15, 0.2) is 54.6 Å². The van der Waals surface area contributed by atoms with E-state index in [4.69, 9.17) is 4.74 Å². The van der Waals surface area contributed by atoms with Gasteiger partial charge in [0.05, 0.1) is 13.2 Å². The average molecular weight is 366 g/mol. The molecule has 3 atom stereocenters. The molecule has 1 N–H and O–H groups in total. The molecule has 27 heavy (non-hydrogen) atoms. The van der Waals surface area contributed by atoms with Gasteiger partial charge in [-0.2, -0.15) is 0 Å². The Hall–Kier alpha value is -2.82. The number of fused-ring (bicyclic) bond motifs is 1. The number of hydrogen-bond donors (Lipinski definition) is 1. The molecule has 142 valence electrons. The van der Waals surface area contributed by atoms with Crippen LogP contribution in [0.1, 0.15) is 49.4 Å². The van der Waals surface area contributed by atoms with E-state index < -0.39 is 11.5 Å². The Morgan fingerprint density at radius 1 is 1.15 bits per heavy atom. The van der Waals surface area contributed by atoms with E-state index >= 15 is 0 Å². The zero-order valence-corrected chi connectivity index (χ0v) is 16.2. The Labute approximate surface area is 160 Å². The van der Waals surface area contributed by atoms with Gasteiger partial charge in [0.25, 0.3) is 0 Å². The van der Waals surface area contributed by atoms with E-state index in [0.717, 1.165) is 16.7 Å². The number of esters is 1. The average Bonchev–Trinajstić information content (AvgIpc) is 2.70. The Morgan fingerprint density at radius 2 is 1.78 bits per heavy atom. The molecule has 0 bridgehead atoms. The minimum atomic E-state index is -1.08. The second-order valence-electron chi connectivity index (χ2n) is 7.23. The summed E-state index contributed by atoms with van der Waals surface area (Å²) in [4.78, 5) is 27.5. The third kappa shape index (κ3) is 3.29. The molecule has 1 aliphatic heterocycles. The molecular formula is C22H26N2O3. The summed E-state index contributed by atoms with van der Waals surface area (Å²) in [5.41, 5.74) is 2.05. The van der Waals surface area contributed by atoms with E-state index in [1.807, 2.05) is 68.4 Å². The highest BCUT2D eigenvalue weighted by Crippen LogP contribution is 2.41. The molecule has 5 heteroatoms. The van der Waals surface area contributed by atoms with Gasteiger partial charge in [-0.3, -0.25) is 0 Å². The summed E-state index contributed by atoms with van der Waals surface area (Å²) in [6, 6.07) is 17.2. The zero-order chi connectivity index (χ0) is 19.6. The minimum absolute atomic E-state index is 0.173. The van der Waals surface area contributed by atoms with Crippen LogP contribution in [0.25, 0.3) is 0 Å². The maximum Gasteiger partial charge on any atom is 0.332 e. The van der Waals surface area contributed by atoms with Gasteiger partial charge in [0.2, 0.25) is 0 Å². The van der Waals surface area contributed by atoms with Crippen molar-refractivity contribution in [2.75, 3.05) is 7.11 Å². The van der Waals surface area contributed by atoms with E-state index in [1.54, 1.807) is 11.8 Å². The number of methoxy groups -OCH3 is 1. The number of urea groups is 1. The van der Waals surface area contributed by atoms with Gasteiger partial charge in [-0.15, -0.1) is 0 Å². The molecule has 0 aliphatic carbocycles. The number of benzene rings is 2. The minimum Gasteiger partial charge on any atom is -0.467 e. The van der Waals surface area contributed by atoms with Crippen molar-refractivity contribution in [2.45, 2.75) is 44.8 Å². The van der Waals surface area contributed by atoms with Gasteiger partial charge >= 0.3 is 12.0 Å². The van der Waals surface area contributed by atoms with Gasteiger partial charge in [-0.1, -0.05) is 61.5 Å². The van der Waals surface area contributed by atoms with E-state index in [-0.39, 0.29) is 18.0 Å². The van der Waals surface area contributed by atoms with Crippen LogP contribution in [0.2, 0.25) is 0 Å². The summed E-state index contributed by atoms with van der Waals surface area (Å²) < 4.78 is 5.09. The quantitative estimate of drug-likeness (QED) is 0.835. The maximum absolute atomic E-state index is 13.2. The van der Waals surface area contributed by atoms with Gasteiger partial charge in [0.15, 0.2) is 0 Å². The monoisotopic (exact) mass is 366 g/mol. The predicted octanol–water partition coefficient (Wildman–Crippen LogP) is 4.01. The number of ether oxygens (including phenoxy) is 1. The lowest BCUT2D eigenvalue weighted by Gasteiger charge is -2.47. The highest BCUT2D eigenvalue weighted by Gasteiger charge is 2.51. The molecule has 2 aromatic carbocycles. The van der Waals surface area contributed by atoms with Gasteiger partial charge in [-0.25, -0.2) is 9.59 Å². The molecule has 0 saturated heterocycles. The molecular weight excluding hydrogens is 340 g/mol. The lowest BCUT2D eigenvalue weighted by atomic mass is 9.75. The second kappa shape index (κ2) is 7.43. The maximum atomic E-state index is 13.2. The SMILES string of the molecule is COC(=O)[C@@]1(C)[C@@H](C)c2ccccc2CN1C(=O)N[C@@H](C)c1ccccc1. The molecule has 3 rings (SSSR count). The molecule has 1 heterocycles. The largest absolute Gasteiger partial charge is 0.467 e. The molecule has 2 amide bonds. The molecule has 0 saturated carbocycles. The standard InChI is InChI=1S/C22H26N2O3/c1-15-19-13-9-8-12-18(19)14-24(22(15,3)20(25)27-4)21(26)23-16(2)17-10-6-5-7-11-17/h5-13,15-16H,14H2,1-4H3,(H,23,26)/t15-,16-,22+/m0/s1. The lowest BCUT2D eigenvalue weighted by molar-refractivity contribution is -0.154. The Balaban J connectivity index is 1.94. The summed E-state index contributed by atoms with van der Waals surface area (Å²) in [6.07, 6.45) is 0. The zero-order valence-electron chi connectivity index (χ0n) is 16.2. The van der Waals surface area contributed by atoms with Crippen molar-refractivity contribution < 1.29 is 14.3 Å². The number of amides is 2. The van der Waals surface area contributed by atoms with Crippen molar-refractivity contribution in [3.63, 3.8) is 0 Å². The first kappa shape index (κ1) is 19.0. The van der Waals surface area contributed by atoms with Crippen LogP contribution in [0, 0.1) is 0 Å². The van der Waals surface area contributed by atoms with Crippen molar-refractivity contribution >= 4 is 12.0 Å². The van der Waals surface area contributed by atoms with Crippen LogP contribution < -0.4 is 5.32 Å². The predicted molar refractivity (Wildman–Crippen MR) is 104 cm³/mol. The summed E-state index contributed by atoms with van der Waals surface area (Å²) in [5.74, 6) is -0.598. The molecule has 0 unspecified atom stereocenters. The van der Waals surface area contributed by atoms with Crippen LogP contribution in [-0.2, 0) is 16.1 Å². The molecule has 5 nitrogen and oxygen atoms in total. The number of nitrogens with zero attached hydrogens (tertiary/aromatic N) is 1. The van der Waals surface area contributed by atoms with E-state index in [1.165, 1.54) is 7.11 Å². The number of rotatable bonds is 3. The fourth-order valence-electron chi connectivity index (χ4n) is 3.84. The van der Waals surface area contributed by atoms with Crippen molar-refractivity contribution in [2.24, 2.45) is 0 Å². The highest BCUT2D eigenvalue weighted by molar-refractivity contribution is 5.89. The summed E-state index contributed by atoms with van der Waals surface area (Å²) in [5, 5.41) is 3.03. The first-order valence-electron chi connectivity index (χ1n) is 9.19. The van der Waals surface area contributed by atoms with E-state index in [9.17, 15) is 9.59 Å². The topological polar surface area (TPSA) is 58.6 Å². The lowest BCUT2D eigenvalue weighted by Crippen LogP contribution is -2.62. The van der Waals surface area contributed by atoms with Crippen LogP contribution in [0.5, 0.6) is 0 Å². The number of carbonyl (C=O) groups excluding carboxylic acids is 2. The molecule has 1 aliphatic rings. The third-order valence-corrected chi connectivity index (χ3v) is 5.74. The van der Waals surface area contributed by atoms with Crippen LogP contribution >= 0.6 is 0 Å². The molecule has 0 fully saturated rings. The molecule has 0 spiro atoms. The molecule has 0 aromatic heterocycles. The van der Waals surface area contributed by atoms with Gasteiger partial charge < -0.3 is 15.0 Å². The first-order chi connectivity index (χ1) is 12.9. The fourth-order valence-corrected chi connectivity index (χ4v) is 3.84. The Bertz CT molecular complexity index is 836. The number of carbonyl (C=O) groups is 2. The van der Waals surface area contributed by atoms with Gasteiger partial charge in [0, 0.05) is 12.5 Å². The summed E-state index contributed by atoms with van der Waals surface area (Å²) >= 11 is 0. The molecule has 0 radical (unpaired) electrons. The Kier molecular flexibility index (Phi) is 5.22. The second-order valence-corrected chi connectivity index (χ2v) is 7.23. The smallest absolute Gasteiger partial charge is 0.332 e. The molecule has 2 aromatic rings. The fraction of sp³-hybridized carbons (Fsp3) is 0.364. The number of hydrogen-bond acceptors (Lipinski definition) is 3. The van der Waals surface area contributed by atoms with Crippen molar-refractivity contribution in [1.29, 1.82) is 0 Å². The van der Waals surface area contributed by atoms with Gasteiger partial charge in [-0.05, 0) is 30.5 Å². The van der Waals surface area contributed by atoms with Crippen molar-refractivity contribution in [1.82, 2.24) is 10.2 Å². The van der Waals surface area contributed by atoms with Crippen LogP contribution in [0.3, 0.4) is 0 Å². The van der Waals surface area contributed by atoms with Gasteiger partial charge in [0.1, 0.15) is 5.54 Å². The third-order valence-electron chi connectivity index (χ3n) is 5.74. The Morgan fingerprint density at radius 3 is 2.44 bits per heavy atom. The van der Waals surface area contributed by atoms with E-state index in [2.05, 4.69) is 5.32 Å². The van der Waals surface area contributed by atoms with Crippen LogP contribution in [0.4, 0.5) is 4.79 Å². The highest BCUT2D eigenvalue weighted by atomic mass is 16.5. The van der Waals surface area contributed by atoms with Crippen LogP contribution in [-0.4, -0.2) is 29.5 Å². The summed E-state index contributed by atoms with van der Waals surface area (Å²) in [6.45, 7) is 6.05. The van der Waals surface area contributed by atoms with Crippen molar-refractivity contribution in [3.05, 3.63) is 71.3 Å². The van der Waals surface area contributed by atoms with Crippen molar-refractivity contribution in [3.8, 4) is 0 Å². The number of nitrogens with one attached hydrogen (secondary N) is 1. The summed E-state index contributed by atoms with van der Waals surface area (Å²) in [7, 11) is 1.36. The van der Waals surface area contributed by atoms with E-state index in [0.29, 0.717) is 6.54 Å². The normalized spacial score (nSPS) is 22.5.